The van der Waals surface area contributed by atoms with Crippen LogP contribution in [0.15, 0.2) is 41.7 Å². The molecule has 0 unspecified atom stereocenters. The maximum absolute atomic E-state index is 13.0. The Bertz CT molecular complexity index is 913. The zero-order chi connectivity index (χ0) is 19.7. The minimum Gasteiger partial charge on any atom is -0.487 e. The molecule has 0 aliphatic carbocycles. The summed E-state index contributed by atoms with van der Waals surface area (Å²) in [6.45, 7) is -0.222. The highest BCUT2D eigenvalue weighted by Gasteiger charge is 2.58. The number of thioether (sulfide) groups is 1. The summed E-state index contributed by atoms with van der Waals surface area (Å²) in [5.74, 6) is -4.64. The van der Waals surface area contributed by atoms with Gasteiger partial charge in [0.2, 0.25) is 0 Å². The SMILES string of the molecule is Cc1c(OCC(F)(F)C(F)(F)F)ccnc1CSc1nc2ccccc2[nH]1.O. The molecule has 0 aliphatic rings. The van der Waals surface area contributed by atoms with E-state index in [0.29, 0.717) is 22.2 Å². The van der Waals surface area contributed by atoms with Gasteiger partial charge in [-0.2, -0.15) is 22.0 Å². The van der Waals surface area contributed by atoms with E-state index in [0.717, 1.165) is 11.0 Å². The Kier molecular flexibility index (Phi) is 6.50. The van der Waals surface area contributed by atoms with Gasteiger partial charge in [-0.3, -0.25) is 4.98 Å². The van der Waals surface area contributed by atoms with Gasteiger partial charge in [0.15, 0.2) is 11.8 Å². The molecule has 0 bridgehead atoms. The smallest absolute Gasteiger partial charge is 0.456 e. The van der Waals surface area contributed by atoms with Crippen molar-refractivity contribution in [2.45, 2.75) is 29.9 Å². The van der Waals surface area contributed by atoms with Crippen LogP contribution >= 0.6 is 11.8 Å². The van der Waals surface area contributed by atoms with Crippen LogP contribution in [0, 0.1) is 6.92 Å². The molecule has 0 fully saturated rings. The summed E-state index contributed by atoms with van der Waals surface area (Å²) in [5, 5.41) is 0.646. The van der Waals surface area contributed by atoms with Gasteiger partial charge < -0.3 is 15.2 Å². The van der Waals surface area contributed by atoms with Gasteiger partial charge in [-0.1, -0.05) is 23.9 Å². The van der Waals surface area contributed by atoms with E-state index in [-0.39, 0.29) is 11.2 Å². The van der Waals surface area contributed by atoms with Crippen LogP contribution in [0.1, 0.15) is 11.3 Å². The number of imidazole rings is 1. The second-order valence-corrected chi connectivity index (χ2v) is 6.68. The number of nitrogens with zero attached hydrogens (tertiary/aromatic N) is 2. The molecular formula is C17H16F5N3O2S. The summed E-state index contributed by atoms with van der Waals surface area (Å²) in [5.41, 5.74) is 2.58. The maximum atomic E-state index is 13.0. The number of pyridine rings is 1. The summed E-state index contributed by atoms with van der Waals surface area (Å²) < 4.78 is 67.6. The Morgan fingerprint density at radius 3 is 2.50 bits per heavy atom. The molecule has 3 rings (SSSR count). The fourth-order valence-electron chi connectivity index (χ4n) is 2.25. The molecule has 0 saturated carbocycles. The van der Waals surface area contributed by atoms with Gasteiger partial charge in [-0.15, -0.1) is 0 Å². The van der Waals surface area contributed by atoms with Crippen molar-refractivity contribution in [3.05, 3.63) is 47.8 Å². The molecule has 0 spiro atoms. The zero-order valence-corrected chi connectivity index (χ0v) is 15.3. The number of rotatable bonds is 6. The molecule has 28 heavy (non-hydrogen) atoms. The lowest BCUT2D eigenvalue weighted by molar-refractivity contribution is -0.290. The molecule has 11 heteroatoms. The second kappa shape index (κ2) is 8.31. The lowest BCUT2D eigenvalue weighted by atomic mass is 10.2. The predicted octanol–water partition coefficient (Wildman–Crippen LogP) is 4.31. The number of para-hydroxylation sites is 2. The topological polar surface area (TPSA) is 82.3 Å². The van der Waals surface area contributed by atoms with Crippen LogP contribution < -0.4 is 4.74 Å². The minimum absolute atomic E-state index is 0. The van der Waals surface area contributed by atoms with E-state index in [1.165, 1.54) is 24.0 Å². The summed E-state index contributed by atoms with van der Waals surface area (Å²) in [4.78, 5) is 11.7. The van der Waals surface area contributed by atoms with Crippen molar-refractivity contribution >= 4 is 22.8 Å². The Balaban J connectivity index is 0.00000280. The number of aromatic amines is 1. The summed E-state index contributed by atoms with van der Waals surface area (Å²) in [6, 6.07) is 8.73. The quantitative estimate of drug-likeness (QED) is 0.475. The minimum atomic E-state index is -5.66. The first kappa shape index (κ1) is 21.9. The van der Waals surface area contributed by atoms with Gasteiger partial charge in [0.05, 0.1) is 16.7 Å². The number of alkyl halides is 5. The zero-order valence-electron chi connectivity index (χ0n) is 14.5. The molecule has 0 aliphatic heterocycles. The Morgan fingerprint density at radius 2 is 1.82 bits per heavy atom. The van der Waals surface area contributed by atoms with Gasteiger partial charge >= 0.3 is 12.1 Å². The highest BCUT2D eigenvalue weighted by Crippen LogP contribution is 2.36. The van der Waals surface area contributed by atoms with Crippen LogP contribution in [-0.4, -0.2) is 39.1 Å². The first-order chi connectivity index (χ1) is 12.7. The third-order valence-corrected chi connectivity index (χ3v) is 4.68. The molecule has 1 aromatic carbocycles. The highest BCUT2D eigenvalue weighted by molar-refractivity contribution is 7.98. The number of ether oxygens (including phenoxy) is 1. The van der Waals surface area contributed by atoms with Crippen molar-refractivity contribution in [2.24, 2.45) is 0 Å². The van der Waals surface area contributed by atoms with E-state index in [2.05, 4.69) is 15.0 Å². The van der Waals surface area contributed by atoms with Gasteiger partial charge in [0, 0.05) is 17.5 Å². The Morgan fingerprint density at radius 1 is 1.11 bits per heavy atom. The number of aromatic nitrogens is 3. The number of H-pyrrole nitrogens is 1. The van der Waals surface area contributed by atoms with E-state index in [4.69, 9.17) is 4.74 Å². The third-order valence-electron chi connectivity index (χ3n) is 3.80. The van der Waals surface area contributed by atoms with E-state index in [1.807, 2.05) is 24.3 Å². The molecule has 0 amide bonds. The average molecular weight is 421 g/mol. The summed E-state index contributed by atoms with van der Waals surface area (Å²) in [7, 11) is 0. The van der Waals surface area contributed by atoms with Crippen LogP contribution in [0.2, 0.25) is 0 Å². The Labute approximate surface area is 160 Å². The van der Waals surface area contributed by atoms with E-state index in [1.54, 1.807) is 6.92 Å². The number of halogens is 5. The number of hydrogen-bond acceptors (Lipinski definition) is 4. The Hall–Kier alpha value is -2.40. The van der Waals surface area contributed by atoms with Crippen LogP contribution in [0.5, 0.6) is 5.75 Å². The standard InChI is InChI=1S/C17H14F5N3OS.H2O/c1-10-13(8-27-15-24-11-4-2-3-5-12(11)25-15)23-7-6-14(10)26-9-16(18,19)17(20,21)22;/h2-7H,8-9H2,1H3,(H,24,25);1H2. The number of nitrogens with one attached hydrogen (secondary N) is 1. The third kappa shape index (κ3) is 4.71. The number of benzene rings is 1. The number of fused-ring (bicyclic) bond motifs is 1. The normalized spacial score (nSPS) is 12.1. The largest absolute Gasteiger partial charge is 0.487 e. The molecule has 2 heterocycles. The first-order valence-electron chi connectivity index (χ1n) is 7.77. The van der Waals surface area contributed by atoms with Crippen LogP contribution in [0.25, 0.3) is 11.0 Å². The van der Waals surface area contributed by atoms with Crippen LogP contribution in [0.3, 0.4) is 0 Å². The van der Waals surface area contributed by atoms with Gasteiger partial charge in [0.25, 0.3) is 0 Å². The summed E-state index contributed by atoms with van der Waals surface area (Å²) >= 11 is 1.34. The molecule has 3 aromatic rings. The molecule has 3 N–H and O–H groups in total. The van der Waals surface area contributed by atoms with Gasteiger partial charge in [-0.05, 0) is 25.1 Å². The molecule has 152 valence electrons. The maximum Gasteiger partial charge on any atom is 0.456 e. The second-order valence-electron chi connectivity index (χ2n) is 5.72. The monoisotopic (exact) mass is 421 g/mol. The molecule has 2 aromatic heterocycles. The van der Waals surface area contributed by atoms with Crippen molar-refractivity contribution < 1.29 is 32.2 Å². The van der Waals surface area contributed by atoms with E-state index in [9.17, 15) is 22.0 Å². The fraction of sp³-hybridized carbons (Fsp3) is 0.294. The van der Waals surface area contributed by atoms with Crippen molar-refractivity contribution in [1.29, 1.82) is 0 Å². The molecule has 5 nitrogen and oxygen atoms in total. The molecule has 0 saturated heterocycles. The van der Waals surface area contributed by atoms with Crippen molar-refractivity contribution in [3.63, 3.8) is 0 Å². The van der Waals surface area contributed by atoms with Crippen molar-refractivity contribution in [3.8, 4) is 5.75 Å². The lowest BCUT2D eigenvalue weighted by Crippen LogP contribution is -2.41. The van der Waals surface area contributed by atoms with E-state index < -0.39 is 18.7 Å². The van der Waals surface area contributed by atoms with E-state index >= 15 is 0 Å². The van der Waals surface area contributed by atoms with Gasteiger partial charge in [-0.25, -0.2) is 4.98 Å². The van der Waals surface area contributed by atoms with Crippen molar-refractivity contribution in [1.82, 2.24) is 15.0 Å². The highest BCUT2D eigenvalue weighted by atomic mass is 32.2. The average Bonchev–Trinajstić information content (AvgIpc) is 3.01. The predicted molar refractivity (Wildman–Crippen MR) is 94.7 cm³/mol. The first-order valence-corrected chi connectivity index (χ1v) is 8.75. The molecular weight excluding hydrogens is 405 g/mol. The van der Waals surface area contributed by atoms with Crippen LogP contribution in [-0.2, 0) is 5.75 Å². The van der Waals surface area contributed by atoms with Gasteiger partial charge in [0.1, 0.15) is 5.75 Å². The lowest BCUT2D eigenvalue weighted by Gasteiger charge is -2.20. The van der Waals surface area contributed by atoms with Crippen LogP contribution in [0.4, 0.5) is 22.0 Å². The summed E-state index contributed by atoms with van der Waals surface area (Å²) in [6.07, 6.45) is -4.35. The fourth-order valence-corrected chi connectivity index (χ4v) is 3.16. The van der Waals surface area contributed by atoms with Crippen molar-refractivity contribution in [2.75, 3.05) is 6.61 Å². The number of hydrogen-bond donors (Lipinski definition) is 1. The molecule has 0 atom stereocenters. The molecule has 0 radical (unpaired) electrons.